The summed E-state index contributed by atoms with van der Waals surface area (Å²) in [7, 11) is 1.54. The molecule has 33 heavy (non-hydrogen) atoms. The van der Waals surface area contributed by atoms with E-state index in [1.165, 1.54) is 7.05 Å². The van der Waals surface area contributed by atoms with Crippen LogP contribution in [0, 0.1) is 10.8 Å². The minimum atomic E-state index is -1.07. The predicted octanol–water partition coefficient (Wildman–Crippen LogP) is 3.68. The van der Waals surface area contributed by atoms with Crippen LogP contribution in [0.25, 0.3) is 0 Å². The smallest absolute Gasteiger partial charge is 0.408 e. The maximum Gasteiger partial charge on any atom is 0.408 e. The molecule has 0 aliphatic rings. The summed E-state index contributed by atoms with van der Waals surface area (Å²) in [6.45, 7) is 21.3. The number of carboxylic acids is 1. The molecule has 10 heteroatoms. The minimum Gasteiger partial charge on any atom is -0.480 e. The SMILES string of the molecule is CC(C)(C)OC(=O)N[C@H](C(=O)O)C(C)(C)C.CNC(=O)[C@@H](NC(=O)OC(C)(C)C)C(C)(C)C. The number of carbonyl (C=O) groups excluding carboxylic acids is 3. The third-order valence-corrected chi connectivity index (χ3v) is 3.81. The number of rotatable bonds is 4. The van der Waals surface area contributed by atoms with Crippen LogP contribution >= 0.6 is 0 Å². The van der Waals surface area contributed by atoms with Crippen LogP contribution in [0.3, 0.4) is 0 Å². The van der Waals surface area contributed by atoms with Crippen molar-refractivity contribution >= 4 is 24.1 Å². The third kappa shape index (κ3) is 15.8. The standard InChI is InChI=1S/C12H24N2O3.C11H21NO4/c1-11(2,3)8(9(15)13-7)14-10(16)17-12(4,5)6;1-10(2,3)7(8(13)14)12-9(15)16-11(4,5)6/h8H,1-7H3,(H,13,15)(H,14,16);7H,1-6H3,(H,12,15)(H,13,14)/t8-;7-/m11/s1. The van der Waals surface area contributed by atoms with E-state index in [2.05, 4.69) is 16.0 Å². The van der Waals surface area contributed by atoms with Crippen LogP contribution in [0.1, 0.15) is 83.1 Å². The summed E-state index contributed by atoms with van der Waals surface area (Å²) in [5.74, 6) is -1.30. The van der Waals surface area contributed by atoms with Gasteiger partial charge in [0.25, 0.3) is 0 Å². The van der Waals surface area contributed by atoms with Crippen LogP contribution in [-0.2, 0) is 19.1 Å². The normalized spacial score (nSPS) is 14.0. The molecule has 10 nitrogen and oxygen atoms in total. The quantitative estimate of drug-likeness (QED) is 0.485. The number of ether oxygens (including phenoxy) is 2. The van der Waals surface area contributed by atoms with E-state index in [0.29, 0.717) is 0 Å². The molecule has 0 heterocycles. The van der Waals surface area contributed by atoms with Crippen molar-refractivity contribution in [2.24, 2.45) is 10.8 Å². The second-order valence-corrected chi connectivity index (χ2v) is 11.8. The molecule has 0 radical (unpaired) electrons. The van der Waals surface area contributed by atoms with E-state index >= 15 is 0 Å². The summed E-state index contributed by atoms with van der Waals surface area (Å²) in [4.78, 5) is 45.7. The van der Waals surface area contributed by atoms with Gasteiger partial charge in [0.05, 0.1) is 0 Å². The van der Waals surface area contributed by atoms with E-state index in [9.17, 15) is 19.2 Å². The molecule has 4 N–H and O–H groups in total. The predicted molar refractivity (Wildman–Crippen MR) is 127 cm³/mol. The van der Waals surface area contributed by atoms with Gasteiger partial charge in [0, 0.05) is 7.05 Å². The summed E-state index contributed by atoms with van der Waals surface area (Å²) in [5.41, 5.74) is -2.15. The first-order valence-electron chi connectivity index (χ1n) is 10.8. The first-order chi connectivity index (χ1) is 14.4. The Balaban J connectivity index is 0. The molecule has 0 aromatic heterocycles. The molecular weight excluding hydrogens is 430 g/mol. The Bertz CT molecular complexity index is 678. The first kappa shape index (κ1) is 32.7. The largest absolute Gasteiger partial charge is 0.480 e. The van der Waals surface area contributed by atoms with Crippen molar-refractivity contribution in [2.75, 3.05) is 7.05 Å². The Hall–Kier alpha value is -2.52. The topological polar surface area (TPSA) is 143 Å². The van der Waals surface area contributed by atoms with E-state index in [0.717, 1.165) is 0 Å². The van der Waals surface area contributed by atoms with Gasteiger partial charge in [-0.2, -0.15) is 0 Å². The minimum absolute atomic E-state index is 0.233. The van der Waals surface area contributed by atoms with Crippen molar-refractivity contribution in [3.05, 3.63) is 0 Å². The Morgan fingerprint density at radius 3 is 1.15 bits per heavy atom. The fourth-order valence-corrected chi connectivity index (χ4v) is 2.32. The highest BCUT2D eigenvalue weighted by Crippen LogP contribution is 2.21. The number of likely N-dealkylation sites (N-methyl/N-ethyl adjacent to an activating group) is 1. The lowest BCUT2D eigenvalue weighted by molar-refractivity contribution is -0.142. The van der Waals surface area contributed by atoms with Gasteiger partial charge in [-0.15, -0.1) is 0 Å². The van der Waals surface area contributed by atoms with Gasteiger partial charge in [-0.05, 0) is 52.4 Å². The van der Waals surface area contributed by atoms with Gasteiger partial charge in [-0.1, -0.05) is 41.5 Å². The van der Waals surface area contributed by atoms with E-state index in [4.69, 9.17) is 14.6 Å². The van der Waals surface area contributed by atoms with Gasteiger partial charge in [-0.25, -0.2) is 14.4 Å². The summed E-state index contributed by atoms with van der Waals surface area (Å²) in [6.07, 6.45) is -1.30. The average Bonchev–Trinajstić information content (AvgIpc) is 2.52. The molecule has 3 amide bonds. The molecule has 194 valence electrons. The summed E-state index contributed by atoms with van der Waals surface area (Å²) in [5, 5.41) is 16.5. The average molecular weight is 476 g/mol. The van der Waals surface area contributed by atoms with E-state index in [1.54, 1.807) is 62.3 Å². The molecule has 0 bridgehead atoms. The monoisotopic (exact) mass is 475 g/mol. The number of hydrogen-bond donors (Lipinski definition) is 4. The molecule has 0 aromatic rings. The van der Waals surface area contributed by atoms with Gasteiger partial charge in [0.2, 0.25) is 5.91 Å². The van der Waals surface area contributed by atoms with Gasteiger partial charge < -0.3 is 30.5 Å². The fraction of sp³-hybridized carbons (Fsp3) is 0.826. The molecule has 0 spiro atoms. The highest BCUT2D eigenvalue weighted by molar-refractivity contribution is 5.86. The lowest BCUT2D eigenvalue weighted by Crippen LogP contribution is -2.53. The maximum atomic E-state index is 11.7. The van der Waals surface area contributed by atoms with Crippen LogP contribution in [0.2, 0.25) is 0 Å². The zero-order valence-electron chi connectivity index (χ0n) is 22.6. The van der Waals surface area contributed by atoms with Crippen LogP contribution in [0.5, 0.6) is 0 Å². The van der Waals surface area contributed by atoms with Crippen LogP contribution in [0.15, 0.2) is 0 Å². The highest BCUT2D eigenvalue weighted by Gasteiger charge is 2.34. The zero-order valence-corrected chi connectivity index (χ0v) is 22.6. The second-order valence-electron chi connectivity index (χ2n) is 11.8. The molecule has 0 aliphatic heterocycles. The van der Waals surface area contributed by atoms with Crippen molar-refractivity contribution in [1.29, 1.82) is 0 Å². The summed E-state index contributed by atoms with van der Waals surface area (Å²) in [6, 6.07) is -1.59. The van der Waals surface area contributed by atoms with Gasteiger partial charge in [0.1, 0.15) is 23.3 Å². The van der Waals surface area contributed by atoms with Gasteiger partial charge >= 0.3 is 18.2 Å². The lowest BCUT2D eigenvalue weighted by atomic mass is 9.86. The fourth-order valence-electron chi connectivity index (χ4n) is 2.32. The van der Waals surface area contributed by atoms with E-state index < -0.39 is 46.9 Å². The highest BCUT2D eigenvalue weighted by atomic mass is 16.6. The Morgan fingerprint density at radius 1 is 0.636 bits per heavy atom. The molecule has 2 atom stereocenters. The van der Waals surface area contributed by atoms with E-state index in [1.807, 2.05) is 20.8 Å². The van der Waals surface area contributed by atoms with Crippen LogP contribution in [-0.4, -0.2) is 59.5 Å². The summed E-state index contributed by atoms with van der Waals surface area (Å²) >= 11 is 0. The lowest BCUT2D eigenvalue weighted by Gasteiger charge is -2.30. The molecular formula is C23H45N3O7. The van der Waals surface area contributed by atoms with Crippen molar-refractivity contribution < 1.29 is 33.8 Å². The van der Waals surface area contributed by atoms with E-state index in [-0.39, 0.29) is 11.3 Å². The van der Waals surface area contributed by atoms with Crippen molar-refractivity contribution in [3.8, 4) is 0 Å². The first-order valence-corrected chi connectivity index (χ1v) is 10.8. The molecule has 0 aromatic carbocycles. The molecule has 0 saturated heterocycles. The molecule has 0 fully saturated rings. The Kier molecular flexibility index (Phi) is 12.0. The Morgan fingerprint density at radius 2 is 0.939 bits per heavy atom. The van der Waals surface area contributed by atoms with Gasteiger partial charge in [-0.3, -0.25) is 4.79 Å². The molecule has 0 saturated carbocycles. The van der Waals surface area contributed by atoms with Crippen LogP contribution in [0.4, 0.5) is 9.59 Å². The van der Waals surface area contributed by atoms with Crippen molar-refractivity contribution in [1.82, 2.24) is 16.0 Å². The Labute approximate surface area is 198 Å². The second kappa shape index (κ2) is 12.1. The number of hydrogen-bond acceptors (Lipinski definition) is 6. The third-order valence-electron chi connectivity index (χ3n) is 3.81. The number of carboxylic acid groups (broad SMARTS) is 1. The zero-order chi connectivity index (χ0) is 27.0. The van der Waals surface area contributed by atoms with Crippen LogP contribution < -0.4 is 16.0 Å². The number of alkyl carbamates (subject to hydrolysis) is 2. The number of amides is 3. The van der Waals surface area contributed by atoms with Crippen molar-refractivity contribution in [2.45, 2.75) is 106 Å². The number of aliphatic carboxylic acids is 1. The number of nitrogens with one attached hydrogen (secondary N) is 3. The molecule has 0 unspecified atom stereocenters. The van der Waals surface area contributed by atoms with Crippen molar-refractivity contribution in [3.63, 3.8) is 0 Å². The molecule has 0 aliphatic carbocycles. The summed E-state index contributed by atoms with van der Waals surface area (Å²) < 4.78 is 10.1. The number of carbonyl (C=O) groups is 4. The maximum absolute atomic E-state index is 11.7. The molecule has 0 rings (SSSR count). The van der Waals surface area contributed by atoms with Gasteiger partial charge in [0.15, 0.2) is 0 Å².